The van der Waals surface area contributed by atoms with E-state index in [9.17, 15) is 9.59 Å². The predicted molar refractivity (Wildman–Crippen MR) is 120 cm³/mol. The summed E-state index contributed by atoms with van der Waals surface area (Å²) < 4.78 is 0. The molecule has 158 valence electrons. The van der Waals surface area contributed by atoms with Gasteiger partial charge in [-0.15, -0.1) is 0 Å². The standard InChI is InChI=1S/C22H33N5O2/c1-8-25-22(24-5)16(4)11-20(28)26-13-18(27(6)7)12-19-14(2)9-17(21(23)29)10-15(19)3/h8-10,16,18H,1,5,11-13H2,2-4,6-7H3,(H2,23,29)(H,26,28). The second kappa shape index (κ2) is 11.3. The van der Waals surface area contributed by atoms with Crippen LogP contribution in [0.3, 0.4) is 0 Å². The van der Waals surface area contributed by atoms with Gasteiger partial charge in [0.2, 0.25) is 11.8 Å². The fraction of sp³-hybridized carbons (Fsp3) is 0.455. The minimum Gasteiger partial charge on any atom is -0.366 e. The van der Waals surface area contributed by atoms with Crippen molar-refractivity contribution in [3.63, 3.8) is 0 Å². The Balaban J connectivity index is 2.82. The number of hydrogen-bond donors (Lipinski definition) is 2. The van der Waals surface area contributed by atoms with Gasteiger partial charge in [0.1, 0.15) is 5.84 Å². The Kier molecular flexibility index (Phi) is 9.41. The van der Waals surface area contributed by atoms with Crippen LogP contribution in [0.4, 0.5) is 0 Å². The number of aryl methyl sites for hydroxylation is 2. The van der Waals surface area contributed by atoms with E-state index in [2.05, 4.69) is 33.5 Å². The zero-order chi connectivity index (χ0) is 22.1. The smallest absolute Gasteiger partial charge is 0.248 e. The average molecular weight is 400 g/mol. The van der Waals surface area contributed by atoms with Gasteiger partial charge >= 0.3 is 0 Å². The first-order valence-corrected chi connectivity index (χ1v) is 9.59. The summed E-state index contributed by atoms with van der Waals surface area (Å²) in [5, 5.41) is 3.01. The molecule has 0 heterocycles. The molecule has 2 amide bonds. The molecule has 0 aliphatic rings. The predicted octanol–water partition coefficient (Wildman–Crippen LogP) is 2.26. The van der Waals surface area contributed by atoms with Gasteiger partial charge in [-0.3, -0.25) is 9.59 Å². The number of nitrogens with zero attached hydrogens (tertiary/aromatic N) is 3. The SMILES string of the molecule is C=CN=C(N=C)C(C)CC(=O)NCC(Cc1c(C)cc(C(N)=O)cc1C)N(C)C. The zero-order valence-corrected chi connectivity index (χ0v) is 18.2. The van der Waals surface area contributed by atoms with E-state index in [4.69, 9.17) is 5.73 Å². The van der Waals surface area contributed by atoms with E-state index in [1.54, 1.807) is 0 Å². The molecule has 1 rings (SSSR count). The molecular formula is C22H33N5O2. The molecule has 3 N–H and O–H groups in total. The van der Waals surface area contributed by atoms with Crippen LogP contribution in [-0.2, 0) is 11.2 Å². The number of hydrogen-bond acceptors (Lipinski definition) is 4. The fourth-order valence-corrected chi connectivity index (χ4v) is 3.22. The number of aliphatic imine (C=N–C) groups is 2. The van der Waals surface area contributed by atoms with Crippen LogP contribution in [0.25, 0.3) is 0 Å². The third-order valence-corrected chi connectivity index (χ3v) is 5.00. The largest absolute Gasteiger partial charge is 0.366 e. The quantitative estimate of drug-likeness (QED) is 0.466. The molecule has 2 atom stereocenters. The number of carbonyl (C=O) groups excluding carboxylic acids is 2. The van der Waals surface area contributed by atoms with Crippen molar-refractivity contribution >= 4 is 24.4 Å². The Bertz CT molecular complexity index is 775. The van der Waals surface area contributed by atoms with Gasteiger partial charge in [0.25, 0.3) is 0 Å². The van der Waals surface area contributed by atoms with E-state index in [0.717, 1.165) is 23.1 Å². The molecule has 1 aromatic carbocycles. The highest BCUT2D eigenvalue weighted by atomic mass is 16.1. The van der Waals surface area contributed by atoms with Crippen molar-refractivity contribution in [2.24, 2.45) is 21.6 Å². The molecule has 0 saturated heterocycles. The highest BCUT2D eigenvalue weighted by Gasteiger charge is 2.19. The van der Waals surface area contributed by atoms with Gasteiger partial charge in [0.15, 0.2) is 0 Å². The minimum absolute atomic E-state index is 0.0673. The van der Waals surface area contributed by atoms with Crippen molar-refractivity contribution in [1.82, 2.24) is 10.2 Å². The molecule has 1 aromatic rings. The van der Waals surface area contributed by atoms with Gasteiger partial charge in [-0.25, -0.2) is 9.98 Å². The third-order valence-electron chi connectivity index (χ3n) is 5.00. The van der Waals surface area contributed by atoms with Crippen molar-refractivity contribution in [3.8, 4) is 0 Å². The van der Waals surface area contributed by atoms with Gasteiger partial charge in [0.05, 0.1) is 0 Å². The summed E-state index contributed by atoms with van der Waals surface area (Å²) in [6.07, 6.45) is 2.42. The summed E-state index contributed by atoms with van der Waals surface area (Å²) in [5.41, 5.74) is 9.12. The summed E-state index contributed by atoms with van der Waals surface area (Å²) in [5.74, 6) is -0.141. The van der Waals surface area contributed by atoms with Crippen LogP contribution in [0.15, 0.2) is 34.9 Å². The normalized spacial score (nSPS) is 13.7. The number of rotatable bonds is 10. The zero-order valence-electron chi connectivity index (χ0n) is 18.2. The molecule has 29 heavy (non-hydrogen) atoms. The topological polar surface area (TPSA) is 100 Å². The molecule has 0 aromatic heterocycles. The van der Waals surface area contributed by atoms with Gasteiger partial charge in [0, 0.05) is 36.7 Å². The number of nitrogens with two attached hydrogens (primary N) is 1. The molecule has 7 heteroatoms. The second-order valence-electron chi connectivity index (χ2n) is 7.51. The minimum atomic E-state index is -0.429. The first kappa shape index (κ1) is 24.2. The number of amides is 2. The fourth-order valence-electron chi connectivity index (χ4n) is 3.22. The monoisotopic (exact) mass is 399 g/mol. The molecule has 0 spiro atoms. The van der Waals surface area contributed by atoms with E-state index >= 15 is 0 Å². The highest BCUT2D eigenvalue weighted by Crippen LogP contribution is 2.19. The van der Waals surface area contributed by atoms with Crippen molar-refractivity contribution in [1.29, 1.82) is 0 Å². The van der Waals surface area contributed by atoms with Crippen molar-refractivity contribution in [3.05, 3.63) is 47.2 Å². The van der Waals surface area contributed by atoms with Crippen LogP contribution < -0.4 is 11.1 Å². The molecule has 2 unspecified atom stereocenters. The van der Waals surface area contributed by atoms with Gasteiger partial charge in [-0.05, 0) is 69.9 Å². The van der Waals surface area contributed by atoms with Crippen molar-refractivity contribution in [2.45, 2.75) is 39.7 Å². The second-order valence-corrected chi connectivity index (χ2v) is 7.51. The van der Waals surface area contributed by atoms with E-state index in [1.807, 2.05) is 47.0 Å². The molecular weight excluding hydrogens is 366 g/mol. The number of amidine groups is 1. The Morgan fingerprint density at radius 1 is 1.28 bits per heavy atom. The Morgan fingerprint density at radius 2 is 1.86 bits per heavy atom. The lowest BCUT2D eigenvalue weighted by atomic mass is 9.93. The van der Waals surface area contributed by atoms with E-state index in [0.29, 0.717) is 17.9 Å². The number of likely N-dealkylation sites (N-methyl/N-ethyl adjacent to an activating group) is 1. The first-order valence-electron chi connectivity index (χ1n) is 9.59. The number of carbonyl (C=O) groups is 2. The van der Waals surface area contributed by atoms with Gasteiger partial charge < -0.3 is 16.0 Å². The molecule has 7 nitrogen and oxygen atoms in total. The molecule has 0 aliphatic heterocycles. The van der Waals surface area contributed by atoms with Crippen LogP contribution in [0.2, 0.25) is 0 Å². The maximum Gasteiger partial charge on any atom is 0.248 e. The summed E-state index contributed by atoms with van der Waals surface area (Å²) in [6, 6.07) is 3.74. The van der Waals surface area contributed by atoms with E-state index in [-0.39, 0.29) is 24.3 Å². The number of primary amides is 1. The van der Waals surface area contributed by atoms with Crippen molar-refractivity contribution in [2.75, 3.05) is 20.6 Å². The summed E-state index contributed by atoms with van der Waals surface area (Å²) in [4.78, 5) is 33.8. The molecule has 0 bridgehead atoms. The van der Waals surface area contributed by atoms with Crippen LogP contribution in [0.5, 0.6) is 0 Å². The number of nitrogens with one attached hydrogen (secondary N) is 1. The third kappa shape index (κ3) is 7.27. The Morgan fingerprint density at radius 3 is 2.31 bits per heavy atom. The van der Waals surface area contributed by atoms with Crippen LogP contribution in [-0.4, -0.2) is 55.9 Å². The van der Waals surface area contributed by atoms with Crippen LogP contribution in [0.1, 0.15) is 40.4 Å². The van der Waals surface area contributed by atoms with Crippen molar-refractivity contribution < 1.29 is 9.59 Å². The lowest BCUT2D eigenvalue weighted by molar-refractivity contribution is -0.121. The van der Waals surface area contributed by atoms with Gasteiger partial charge in [-0.1, -0.05) is 13.5 Å². The van der Waals surface area contributed by atoms with Gasteiger partial charge in [-0.2, -0.15) is 0 Å². The van der Waals surface area contributed by atoms with Crippen LogP contribution >= 0.6 is 0 Å². The number of benzene rings is 1. The summed E-state index contributed by atoms with van der Waals surface area (Å²) in [7, 11) is 3.97. The maximum atomic E-state index is 12.4. The lowest BCUT2D eigenvalue weighted by Crippen LogP contribution is -2.42. The molecule has 0 aliphatic carbocycles. The average Bonchev–Trinajstić information content (AvgIpc) is 2.64. The summed E-state index contributed by atoms with van der Waals surface area (Å²) >= 11 is 0. The summed E-state index contributed by atoms with van der Waals surface area (Å²) in [6.45, 7) is 13.4. The lowest BCUT2D eigenvalue weighted by Gasteiger charge is -2.26. The first-order chi connectivity index (χ1) is 13.6. The molecule has 0 saturated carbocycles. The van der Waals surface area contributed by atoms with Crippen LogP contribution in [0, 0.1) is 19.8 Å². The molecule has 0 radical (unpaired) electrons. The molecule has 0 fully saturated rings. The van der Waals surface area contributed by atoms with E-state index < -0.39 is 5.91 Å². The van der Waals surface area contributed by atoms with E-state index in [1.165, 1.54) is 6.20 Å². The maximum absolute atomic E-state index is 12.4. The Hall–Kier alpha value is -2.80. The Labute approximate surface area is 173 Å². The highest BCUT2D eigenvalue weighted by molar-refractivity contribution is 5.93.